The number of nitrogens with one attached hydrogen (secondary N) is 1. The van der Waals surface area contributed by atoms with Crippen LogP contribution in [0.3, 0.4) is 0 Å². The van der Waals surface area contributed by atoms with Gasteiger partial charge in [0.1, 0.15) is 17.3 Å². The summed E-state index contributed by atoms with van der Waals surface area (Å²) in [6.07, 6.45) is 0. The zero-order chi connectivity index (χ0) is 15.4. The van der Waals surface area contributed by atoms with Crippen LogP contribution in [0.1, 0.15) is 21.9 Å². The lowest BCUT2D eigenvalue weighted by Gasteiger charge is -2.06. The molecule has 1 aromatic heterocycles. The molecule has 1 amide bonds. The maximum Gasteiger partial charge on any atom is 0.341 e. The molecule has 0 fully saturated rings. The number of rotatable bonds is 5. The third kappa shape index (κ3) is 3.85. The fourth-order valence-electron chi connectivity index (χ4n) is 1.83. The number of hydrogen-bond acceptors (Lipinski definition) is 4. The number of amides is 1. The van der Waals surface area contributed by atoms with Crippen LogP contribution in [0.15, 0.2) is 34.7 Å². The molecule has 2 N–H and O–H groups in total. The van der Waals surface area contributed by atoms with E-state index in [0.717, 1.165) is 0 Å². The molecule has 110 valence electrons. The maximum absolute atomic E-state index is 12.1. The monoisotopic (exact) mass is 289 g/mol. The number of ether oxygens (including phenoxy) is 1. The number of hydrogen-bond donors (Lipinski definition) is 2. The van der Waals surface area contributed by atoms with Gasteiger partial charge in [-0.1, -0.05) is 0 Å². The molecule has 0 aliphatic heterocycles. The van der Waals surface area contributed by atoms with Crippen molar-refractivity contribution in [3.8, 4) is 5.75 Å². The number of aliphatic carboxylic acids is 1. The SMILES string of the molecule is Cc1cc(C(=O)Nc2ccc(OCC(=O)O)cc2)c(C)o1. The Bertz CT molecular complexity index is 657. The van der Waals surface area contributed by atoms with Crippen LogP contribution in [0.25, 0.3) is 0 Å². The van der Waals surface area contributed by atoms with Crippen molar-refractivity contribution < 1.29 is 23.8 Å². The lowest BCUT2D eigenvalue weighted by Crippen LogP contribution is -2.12. The van der Waals surface area contributed by atoms with Gasteiger partial charge >= 0.3 is 5.97 Å². The van der Waals surface area contributed by atoms with E-state index in [2.05, 4.69) is 5.32 Å². The molecular formula is C15H15NO5. The molecule has 0 radical (unpaired) electrons. The van der Waals surface area contributed by atoms with Crippen molar-refractivity contribution in [3.63, 3.8) is 0 Å². The summed E-state index contributed by atoms with van der Waals surface area (Å²) < 4.78 is 10.3. The minimum absolute atomic E-state index is 0.261. The first-order valence-corrected chi connectivity index (χ1v) is 6.29. The van der Waals surface area contributed by atoms with Crippen LogP contribution in [-0.2, 0) is 4.79 Å². The number of carbonyl (C=O) groups is 2. The molecule has 6 nitrogen and oxygen atoms in total. The van der Waals surface area contributed by atoms with Gasteiger partial charge in [-0.2, -0.15) is 0 Å². The molecule has 2 aromatic rings. The Morgan fingerprint density at radius 1 is 1.24 bits per heavy atom. The van der Waals surface area contributed by atoms with E-state index in [9.17, 15) is 9.59 Å². The number of benzene rings is 1. The highest BCUT2D eigenvalue weighted by molar-refractivity contribution is 6.05. The van der Waals surface area contributed by atoms with Crippen LogP contribution in [-0.4, -0.2) is 23.6 Å². The first kappa shape index (κ1) is 14.6. The standard InChI is InChI=1S/C15H15NO5/c1-9-7-13(10(2)21-9)15(19)16-11-3-5-12(6-4-11)20-8-14(17)18/h3-7H,8H2,1-2H3,(H,16,19)(H,17,18). The number of aryl methyl sites for hydroxylation is 2. The van der Waals surface area contributed by atoms with E-state index in [0.29, 0.717) is 28.5 Å². The average molecular weight is 289 g/mol. The van der Waals surface area contributed by atoms with E-state index in [-0.39, 0.29) is 5.91 Å². The summed E-state index contributed by atoms with van der Waals surface area (Å²) in [5.74, 6) is 0.356. The van der Waals surface area contributed by atoms with E-state index in [4.69, 9.17) is 14.3 Å². The van der Waals surface area contributed by atoms with E-state index in [1.54, 1.807) is 44.2 Å². The molecular weight excluding hydrogens is 274 g/mol. The number of carboxylic acids is 1. The predicted octanol–water partition coefficient (Wildman–Crippen LogP) is 2.61. The topological polar surface area (TPSA) is 88.8 Å². The lowest BCUT2D eigenvalue weighted by molar-refractivity contribution is -0.139. The Morgan fingerprint density at radius 2 is 1.90 bits per heavy atom. The van der Waals surface area contributed by atoms with Gasteiger partial charge in [0.05, 0.1) is 5.56 Å². The second-order valence-corrected chi connectivity index (χ2v) is 4.49. The highest BCUT2D eigenvalue weighted by Gasteiger charge is 2.13. The van der Waals surface area contributed by atoms with E-state index in [1.165, 1.54) is 0 Å². The summed E-state index contributed by atoms with van der Waals surface area (Å²) in [5, 5.41) is 11.2. The second-order valence-electron chi connectivity index (χ2n) is 4.49. The van der Waals surface area contributed by atoms with Crippen LogP contribution in [0.5, 0.6) is 5.75 Å². The molecule has 0 aliphatic rings. The van der Waals surface area contributed by atoms with Crippen molar-refractivity contribution in [2.24, 2.45) is 0 Å². The lowest BCUT2D eigenvalue weighted by atomic mass is 10.2. The molecule has 6 heteroatoms. The predicted molar refractivity (Wildman–Crippen MR) is 75.7 cm³/mol. The van der Waals surface area contributed by atoms with Gasteiger partial charge in [0.15, 0.2) is 6.61 Å². The summed E-state index contributed by atoms with van der Waals surface area (Å²) in [5.41, 5.74) is 1.07. The van der Waals surface area contributed by atoms with Crippen molar-refractivity contribution in [3.05, 3.63) is 47.4 Å². The third-order valence-electron chi connectivity index (χ3n) is 2.76. The van der Waals surface area contributed by atoms with Crippen molar-refractivity contribution in [1.82, 2.24) is 0 Å². The van der Waals surface area contributed by atoms with Gasteiger partial charge in [-0.25, -0.2) is 4.79 Å². The molecule has 0 saturated heterocycles. The second kappa shape index (κ2) is 6.13. The number of anilines is 1. The zero-order valence-electron chi connectivity index (χ0n) is 11.7. The van der Waals surface area contributed by atoms with E-state index < -0.39 is 12.6 Å². The summed E-state index contributed by atoms with van der Waals surface area (Å²) >= 11 is 0. The van der Waals surface area contributed by atoms with Gasteiger partial charge in [-0.15, -0.1) is 0 Å². The largest absolute Gasteiger partial charge is 0.482 e. The van der Waals surface area contributed by atoms with Gasteiger partial charge < -0.3 is 19.6 Å². The summed E-state index contributed by atoms with van der Waals surface area (Å²) in [6, 6.07) is 8.13. The van der Waals surface area contributed by atoms with Crippen molar-refractivity contribution in [2.75, 3.05) is 11.9 Å². The van der Waals surface area contributed by atoms with Crippen molar-refractivity contribution >= 4 is 17.6 Å². The van der Waals surface area contributed by atoms with Gasteiger partial charge in [0.25, 0.3) is 5.91 Å². The minimum Gasteiger partial charge on any atom is -0.482 e. The van der Waals surface area contributed by atoms with Gasteiger partial charge in [-0.3, -0.25) is 4.79 Å². The molecule has 0 bridgehead atoms. The van der Waals surface area contributed by atoms with Crippen LogP contribution in [0.4, 0.5) is 5.69 Å². The van der Waals surface area contributed by atoms with Crippen LogP contribution < -0.4 is 10.1 Å². The molecule has 0 spiro atoms. The van der Waals surface area contributed by atoms with Crippen molar-refractivity contribution in [2.45, 2.75) is 13.8 Å². The smallest absolute Gasteiger partial charge is 0.341 e. The first-order chi connectivity index (χ1) is 9.95. The Hall–Kier alpha value is -2.76. The molecule has 1 heterocycles. The summed E-state index contributed by atoms with van der Waals surface area (Å²) in [4.78, 5) is 22.5. The molecule has 0 saturated carbocycles. The number of furan rings is 1. The Balaban J connectivity index is 2.01. The molecule has 0 aliphatic carbocycles. The maximum atomic E-state index is 12.1. The van der Waals surface area contributed by atoms with E-state index in [1.807, 2.05) is 0 Å². The summed E-state index contributed by atoms with van der Waals surface area (Å²) in [6.45, 7) is 3.10. The van der Waals surface area contributed by atoms with Crippen LogP contribution in [0.2, 0.25) is 0 Å². The number of carboxylic acid groups (broad SMARTS) is 1. The molecule has 21 heavy (non-hydrogen) atoms. The molecule has 1 aromatic carbocycles. The zero-order valence-corrected chi connectivity index (χ0v) is 11.7. The minimum atomic E-state index is -1.04. The number of carbonyl (C=O) groups excluding carboxylic acids is 1. The highest BCUT2D eigenvalue weighted by Crippen LogP contribution is 2.18. The van der Waals surface area contributed by atoms with E-state index >= 15 is 0 Å². The average Bonchev–Trinajstić information content (AvgIpc) is 2.77. The molecule has 2 rings (SSSR count). The Morgan fingerprint density at radius 3 is 2.43 bits per heavy atom. The van der Waals surface area contributed by atoms with Gasteiger partial charge in [0, 0.05) is 5.69 Å². The Labute approximate surface area is 121 Å². The van der Waals surface area contributed by atoms with Crippen LogP contribution >= 0.6 is 0 Å². The highest BCUT2D eigenvalue weighted by atomic mass is 16.5. The fourth-order valence-corrected chi connectivity index (χ4v) is 1.83. The van der Waals surface area contributed by atoms with Crippen molar-refractivity contribution in [1.29, 1.82) is 0 Å². The van der Waals surface area contributed by atoms with Gasteiger partial charge in [0.2, 0.25) is 0 Å². The molecule has 0 unspecified atom stereocenters. The first-order valence-electron chi connectivity index (χ1n) is 6.29. The Kier molecular flexibility index (Phi) is 4.27. The van der Waals surface area contributed by atoms with Gasteiger partial charge in [-0.05, 0) is 44.2 Å². The fraction of sp³-hybridized carbons (Fsp3) is 0.200. The quantitative estimate of drug-likeness (QED) is 0.883. The molecule has 0 atom stereocenters. The van der Waals surface area contributed by atoms with Crippen LogP contribution in [0, 0.1) is 13.8 Å². The third-order valence-corrected chi connectivity index (χ3v) is 2.76. The summed E-state index contributed by atoms with van der Waals surface area (Å²) in [7, 11) is 0. The normalized spacial score (nSPS) is 10.2.